The Morgan fingerprint density at radius 1 is 1.30 bits per heavy atom. The van der Waals surface area contributed by atoms with Crippen LogP contribution in [0.15, 0.2) is 46.9 Å². The smallest absolute Gasteiger partial charge is 0.124 e. The van der Waals surface area contributed by atoms with E-state index in [1.165, 1.54) is 12.1 Å². The largest absolute Gasteiger partial charge is 0.394 e. The van der Waals surface area contributed by atoms with Crippen LogP contribution in [-0.4, -0.2) is 11.7 Å². The summed E-state index contributed by atoms with van der Waals surface area (Å²) in [6, 6.07) is 11.7. The molecule has 0 aliphatic rings. The van der Waals surface area contributed by atoms with Gasteiger partial charge in [0.1, 0.15) is 5.82 Å². The van der Waals surface area contributed by atoms with Crippen molar-refractivity contribution in [2.45, 2.75) is 12.5 Å². The molecule has 2 aromatic carbocycles. The van der Waals surface area contributed by atoms with E-state index in [2.05, 4.69) is 21.2 Å². The predicted octanol–water partition coefficient (Wildman–Crippen LogP) is 4.56. The Balaban J connectivity index is 2.41. The Bertz CT molecular complexity index is 623. The summed E-state index contributed by atoms with van der Waals surface area (Å²) >= 11 is 9.46. The first-order chi connectivity index (χ1) is 9.46. The van der Waals surface area contributed by atoms with Gasteiger partial charge in [-0.1, -0.05) is 45.7 Å². The second kappa shape index (κ2) is 6.12. The fraction of sp³-hybridized carbons (Fsp3) is 0.200. The quantitative estimate of drug-likeness (QED) is 0.839. The van der Waals surface area contributed by atoms with Crippen molar-refractivity contribution in [1.29, 1.82) is 0 Å². The van der Waals surface area contributed by atoms with Gasteiger partial charge in [0.05, 0.1) is 22.9 Å². The SMILES string of the molecule is CC(CO)(Nc1ccccc1Cl)c1ccc(F)cc1Br. The van der Waals surface area contributed by atoms with E-state index in [1.807, 2.05) is 25.1 Å². The zero-order valence-electron chi connectivity index (χ0n) is 10.8. The second-order valence-electron chi connectivity index (χ2n) is 4.72. The molecule has 0 aliphatic carbocycles. The Morgan fingerprint density at radius 2 is 2.00 bits per heavy atom. The monoisotopic (exact) mass is 357 g/mol. The molecule has 0 fully saturated rings. The summed E-state index contributed by atoms with van der Waals surface area (Å²) in [6.07, 6.45) is 0. The summed E-state index contributed by atoms with van der Waals surface area (Å²) in [5.41, 5.74) is 0.681. The molecule has 0 aromatic heterocycles. The lowest BCUT2D eigenvalue weighted by molar-refractivity contribution is 0.223. The maximum absolute atomic E-state index is 13.2. The number of aliphatic hydroxyl groups is 1. The summed E-state index contributed by atoms with van der Waals surface area (Å²) < 4.78 is 13.8. The van der Waals surface area contributed by atoms with Crippen LogP contribution in [0.3, 0.4) is 0 Å². The van der Waals surface area contributed by atoms with Gasteiger partial charge in [-0.25, -0.2) is 4.39 Å². The highest BCUT2D eigenvalue weighted by Crippen LogP contribution is 2.34. The summed E-state index contributed by atoms with van der Waals surface area (Å²) in [7, 11) is 0. The van der Waals surface area contributed by atoms with Gasteiger partial charge in [0.15, 0.2) is 0 Å². The van der Waals surface area contributed by atoms with Gasteiger partial charge in [0.25, 0.3) is 0 Å². The molecule has 0 heterocycles. The molecule has 2 aromatic rings. The first kappa shape index (κ1) is 15.3. The van der Waals surface area contributed by atoms with E-state index in [0.29, 0.717) is 15.2 Å². The van der Waals surface area contributed by atoms with E-state index in [0.717, 1.165) is 5.56 Å². The zero-order chi connectivity index (χ0) is 14.8. The summed E-state index contributed by atoms with van der Waals surface area (Å²) in [4.78, 5) is 0. The third-order valence-corrected chi connectivity index (χ3v) is 4.11. The minimum atomic E-state index is -0.780. The Kier molecular flexibility index (Phi) is 4.68. The molecule has 0 saturated carbocycles. The third kappa shape index (κ3) is 3.14. The van der Waals surface area contributed by atoms with Crippen LogP contribution in [0.5, 0.6) is 0 Å². The fourth-order valence-corrected chi connectivity index (χ4v) is 2.96. The molecule has 1 atom stereocenters. The average Bonchev–Trinajstić information content (AvgIpc) is 2.41. The normalized spacial score (nSPS) is 13.8. The van der Waals surface area contributed by atoms with Crippen molar-refractivity contribution in [3.63, 3.8) is 0 Å². The molecule has 2 N–H and O–H groups in total. The molecule has 0 bridgehead atoms. The van der Waals surface area contributed by atoms with Gasteiger partial charge in [-0.05, 0) is 36.8 Å². The predicted molar refractivity (Wildman–Crippen MR) is 83.6 cm³/mol. The molecule has 0 saturated heterocycles. The molecule has 2 nitrogen and oxygen atoms in total. The van der Waals surface area contributed by atoms with Crippen molar-refractivity contribution < 1.29 is 9.50 Å². The van der Waals surface area contributed by atoms with Crippen LogP contribution in [-0.2, 0) is 5.54 Å². The highest BCUT2D eigenvalue weighted by molar-refractivity contribution is 9.10. The van der Waals surface area contributed by atoms with Gasteiger partial charge < -0.3 is 10.4 Å². The highest BCUT2D eigenvalue weighted by atomic mass is 79.9. The lowest BCUT2D eigenvalue weighted by Gasteiger charge is -2.32. The van der Waals surface area contributed by atoms with Crippen molar-refractivity contribution in [2.75, 3.05) is 11.9 Å². The van der Waals surface area contributed by atoms with E-state index in [9.17, 15) is 9.50 Å². The first-order valence-corrected chi connectivity index (χ1v) is 7.22. The molecule has 0 aliphatic heterocycles. The van der Waals surface area contributed by atoms with Gasteiger partial charge in [-0.15, -0.1) is 0 Å². The zero-order valence-corrected chi connectivity index (χ0v) is 13.2. The summed E-state index contributed by atoms with van der Waals surface area (Å²) in [6.45, 7) is 1.66. The van der Waals surface area contributed by atoms with Crippen LogP contribution < -0.4 is 5.32 Å². The van der Waals surface area contributed by atoms with Gasteiger partial charge in [-0.2, -0.15) is 0 Å². The number of hydrogen-bond acceptors (Lipinski definition) is 2. The molecule has 0 radical (unpaired) electrons. The van der Waals surface area contributed by atoms with E-state index in [1.54, 1.807) is 12.1 Å². The standard InChI is InChI=1S/C15H14BrClFNO/c1-15(9-20,11-7-6-10(18)8-12(11)16)19-14-5-3-2-4-13(14)17/h2-8,19-20H,9H2,1H3. The molecular formula is C15H14BrClFNO. The maximum atomic E-state index is 13.2. The summed E-state index contributed by atoms with van der Waals surface area (Å²) in [5.74, 6) is -0.335. The van der Waals surface area contributed by atoms with Crippen molar-refractivity contribution in [3.8, 4) is 0 Å². The van der Waals surface area contributed by atoms with E-state index in [-0.39, 0.29) is 12.4 Å². The van der Waals surface area contributed by atoms with Crippen LogP contribution in [0.4, 0.5) is 10.1 Å². The number of para-hydroxylation sites is 1. The number of anilines is 1. The number of hydrogen-bond donors (Lipinski definition) is 2. The molecule has 20 heavy (non-hydrogen) atoms. The molecule has 1 unspecified atom stereocenters. The van der Waals surface area contributed by atoms with Gasteiger partial charge in [-0.3, -0.25) is 0 Å². The van der Waals surface area contributed by atoms with Crippen molar-refractivity contribution in [3.05, 3.63) is 63.3 Å². The van der Waals surface area contributed by atoms with Crippen LogP contribution >= 0.6 is 27.5 Å². The number of nitrogens with one attached hydrogen (secondary N) is 1. The average molecular weight is 359 g/mol. The number of aliphatic hydroxyl groups excluding tert-OH is 1. The van der Waals surface area contributed by atoms with Gasteiger partial charge in [0.2, 0.25) is 0 Å². The Morgan fingerprint density at radius 3 is 2.60 bits per heavy atom. The van der Waals surface area contributed by atoms with Gasteiger partial charge in [0, 0.05) is 4.47 Å². The molecular weight excluding hydrogens is 345 g/mol. The second-order valence-corrected chi connectivity index (χ2v) is 5.98. The van der Waals surface area contributed by atoms with E-state index in [4.69, 9.17) is 11.6 Å². The molecule has 2 rings (SSSR count). The Labute approximate surface area is 130 Å². The third-order valence-electron chi connectivity index (χ3n) is 3.13. The van der Waals surface area contributed by atoms with Crippen molar-refractivity contribution >= 4 is 33.2 Å². The van der Waals surface area contributed by atoms with Crippen LogP contribution in [0.1, 0.15) is 12.5 Å². The van der Waals surface area contributed by atoms with Crippen LogP contribution in [0.25, 0.3) is 0 Å². The molecule has 5 heteroatoms. The lowest BCUT2D eigenvalue weighted by atomic mass is 9.92. The number of benzene rings is 2. The van der Waals surface area contributed by atoms with Crippen LogP contribution in [0, 0.1) is 5.82 Å². The highest BCUT2D eigenvalue weighted by Gasteiger charge is 2.28. The minimum absolute atomic E-state index is 0.164. The lowest BCUT2D eigenvalue weighted by Crippen LogP contribution is -2.36. The topological polar surface area (TPSA) is 32.3 Å². The van der Waals surface area contributed by atoms with Crippen LogP contribution in [0.2, 0.25) is 5.02 Å². The van der Waals surface area contributed by atoms with E-state index >= 15 is 0 Å². The first-order valence-electron chi connectivity index (χ1n) is 6.05. The molecule has 0 spiro atoms. The van der Waals surface area contributed by atoms with Gasteiger partial charge >= 0.3 is 0 Å². The molecule has 106 valence electrons. The summed E-state index contributed by atoms with van der Waals surface area (Å²) in [5, 5.41) is 13.5. The van der Waals surface area contributed by atoms with Crippen molar-refractivity contribution in [1.82, 2.24) is 0 Å². The maximum Gasteiger partial charge on any atom is 0.124 e. The number of halogens is 3. The molecule has 0 amide bonds. The van der Waals surface area contributed by atoms with Crippen molar-refractivity contribution in [2.24, 2.45) is 0 Å². The minimum Gasteiger partial charge on any atom is -0.394 e. The number of rotatable bonds is 4. The van der Waals surface area contributed by atoms with E-state index < -0.39 is 5.54 Å². The fourth-order valence-electron chi connectivity index (χ4n) is 1.99. The Hall–Kier alpha value is -1.10.